The van der Waals surface area contributed by atoms with Crippen LogP contribution in [0.4, 0.5) is 5.82 Å². The van der Waals surface area contributed by atoms with Gasteiger partial charge in [0.15, 0.2) is 6.29 Å². The van der Waals surface area contributed by atoms with Gasteiger partial charge in [-0.3, -0.25) is 0 Å². The molecule has 1 atom stereocenters. The lowest BCUT2D eigenvalue weighted by Gasteiger charge is -2.28. The SMILES string of the molecule is CCCNC(c1cc(Cl)cnc1N)C(OCC)OCC. The highest BCUT2D eigenvalue weighted by atomic mass is 35.5. The largest absolute Gasteiger partial charge is 0.383 e. The number of ether oxygens (including phenoxy) is 2. The monoisotopic (exact) mass is 301 g/mol. The molecule has 0 bridgehead atoms. The molecule has 1 aromatic heterocycles. The van der Waals surface area contributed by atoms with Crippen molar-refractivity contribution < 1.29 is 9.47 Å². The molecule has 0 fully saturated rings. The predicted molar refractivity (Wildman–Crippen MR) is 81.7 cm³/mol. The first kappa shape index (κ1) is 17.2. The van der Waals surface area contributed by atoms with E-state index in [1.54, 1.807) is 0 Å². The number of hydrogen-bond acceptors (Lipinski definition) is 5. The number of anilines is 1. The normalized spacial score (nSPS) is 12.8. The number of nitrogen functional groups attached to an aromatic ring is 1. The van der Waals surface area contributed by atoms with E-state index in [1.807, 2.05) is 19.9 Å². The van der Waals surface area contributed by atoms with Crippen LogP contribution in [0.5, 0.6) is 0 Å². The molecule has 1 unspecified atom stereocenters. The van der Waals surface area contributed by atoms with Gasteiger partial charge in [-0.05, 0) is 32.9 Å². The summed E-state index contributed by atoms with van der Waals surface area (Å²) in [4.78, 5) is 4.11. The fourth-order valence-corrected chi connectivity index (χ4v) is 2.10. The van der Waals surface area contributed by atoms with Crippen LogP contribution < -0.4 is 11.1 Å². The van der Waals surface area contributed by atoms with Crippen molar-refractivity contribution in [3.63, 3.8) is 0 Å². The molecule has 0 aliphatic carbocycles. The Morgan fingerprint density at radius 1 is 1.30 bits per heavy atom. The Labute approximate surface area is 125 Å². The van der Waals surface area contributed by atoms with E-state index in [0.717, 1.165) is 18.5 Å². The molecule has 0 radical (unpaired) electrons. The minimum absolute atomic E-state index is 0.193. The average Bonchev–Trinajstić information content (AvgIpc) is 2.43. The summed E-state index contributed by atoms with van der Waals surface area (Å²) in [6.45, 7) is 7.91. The van der Waals surface area contributed by atoms with Gasteiger partial charge in [0.25, 0.3) is 0 Å². The van der Waals surface area contributed by atoms with E-state index in [0.29, 0.717) is 24.1 Å². The molecule has 0 saturated heterocycles. The van der Waals surface area contributed by atoms with Crippen molar-refractivity contribution in [2.24, 2.45) is 0 Å². The summed E-state index contributed by atoms with van der Waals surface area (Å²) in [7, 11) is 0. The van der Waals surface area contributed by atoms with Crippen LogP contribution in [0.25, 0.3) is 0 Å². The van der Waals surface area contributed by atoms with E-state index in [-0.39, 0.29) is 6.04 Å². The number of hydrogen-bond donors (Lipinski definition) is 2. The summed E-state index contributed by atoms with van der Waals surface area (Å²) >= 11 is 6.03. The van der Waals surface area contributed by atoms with E-state index in [1.165, 1.54) is 6.20 Å². The lowest BCUT2D eigenvalue weighted by molar-refractivity contribution is -0.155. The van der Waals surface area contributed by atoms with Crippen LogP contribution in [-0.4, -0.2) is 31.0 Å². The molecule has 0 spiro atoms. The fraction of sp³-hybridized carbons (Fsp3) is 0.643. The van der Waals surface area contributed by atoms with E-state index in [9.17, 15) is 0 Å². The smallest absolute Gasteiger partial charge is 0.176 e. The lowest BCUT2D eigenvalue weighted by atomic mass is 10.1. The molecule has 20 heavy (non-hydrogen) atoms. The molecule has 0 saturated carbocycles. The molecule has 0 aliphatic rings. The van der Waals surface area contributed by atoms with E-state index < -0.39 is 6.29 Å². The first-order valence-corrected chi connectivity index (χ1v) is 7.39. The van der Waals surface area contributed by atoms with Crippen molar-refractivity contribution in [3.8, 4) is 0 Å². The Morgan fingerprint density at radius 3 is 2.50 bits per heavy atom. The van der Waals surface area contributed by atoms with Gasteiger partial charge in [0.05, 0.1) is 11.1 Å². The van der Waals surface area contributed by atoms with Crippen molar-refractivity contribution in [1.29, 1.82) is 0 Å². The number of nitrogens with one attached hydrogen (secondary N) is 1. The second-order valence-electron chi connectivity index (χ2n) is 4.34. The number of nitrogens with two attached hydrogens (primary N) is 1. The summed E-state index contributed by atoms with van der Waals surface area (Å²) in [5.41, 5.74) is 6.77. The van der Waals surface area contributed by atoms with Crippen molar-refractivity contribution in [3.05, 3.63) is 22.8 Å². The zero-order valence-electron chi connectivity index (χ0n) is 12.4. The summed E-state index contributed by atoms with van der Waals surface area (Å²) in [6.07, 6.45) is 2.11. The zero-order valence-corrected chi connectivity index (χ0v) is 13.1. The highest BCUT2D eigenvalue weighted by Crippen LogP contribution is 2.27. The lowest BCUT2D eigenvalue weighted by Crippen LogP contribution is -2.37. The van der Waals surface area contributed by atoms with Gasteiger partial charge in [0.2, 0.25) is 0 Å². The van der Waals surface area contributed by atoms with Crippen molar-refractivity contribution in [2.75, 3.05) is 25.5 Å². The first-order valence-electron chi connectivity index (χ1n) is 7.01. The number of aromatic nitrogens is 1. The minimum atomic E-state index is -0.417. The molecule has 0 aliphatic heterocycles. The van der Waals surface area contributed by atoms with Gasteiger partial charge in [-0.1, -0.05) is 18.5 Å². The Kier molecular flexibility index (Phi) is 7.84. The molecule has 1 aromatic rings. The predicted octanol–water partition coefficient (Wildman–Crippen LogP) is 2.76. The van der Waals surface area contributed by atoms with Crippen LogP contribution in [0.2, 0.25) is 5.02 Å². The number of halogens is 1. The third-order valence-corrected chi connectivity index (χ3v) is 3.01. The second-order valence-corrected chi connectivity index (χ2v) is 4.78. The maximum absolute atomic E-state index is 6.03. The maximum atomic E-state index is 6.03. The fourth-order valence-electron chi connectivity index (χ4n) is 1.94. The van der Waals surface area contributed by atoms with Crippen LogP contribution in [0.3, 0.4) is 0 Å². The first-order chi connectivity index (χ1) is 9.63. The van der Waals surface area contributed by atoms with Gasteiger partial charge < -0.3 is 20.5 Å². The van der Waals surface area contributed by atoms with E-state index in [2.05, 4.69) is 17.2 Å². The molecular formula is C14H24ClN3O2. The number of rotatable bonds is 9. The van der Waals surface area contributed by atoms with Gasteiger partial charge in [-0.2, -0.15) is 0 Å². The Morgan fingerprint density at radius 2 is 1.95 bits per heavy atom. The van der Waals surface area contributed by atoms with Crippen LogP contribution >= 0.6 is 11.6 Å². The quantitative estimate of drug-likeness (QED) is 0.686. The average molecular weight is 302 g/mol. The highest BCUT2D eigenvalue weighted by Gasteiger charge is 2.26. The van der Waals surface area contributed by atoms with Crippen molar-refractivity contribution >= 4 is 17.4 Å². The molecule has 5 nitrogen and oxygen atoms in total. The topological polar surface area (TPSA) is 69.4 Å². The maximum Gasteiger partial charge on any atom is 0.176 e. The summed E-state index contributed by atoms with van der Waals surface area (Å²) in [6, 6.07) is 1.61. The molecule has 1 heterocycles. The summed E-state index contributed by atoms with van der Waals surface area (Å²) in [5, 5.41) is 3.94. The standard InChI is InChI=1S/C14H24ClN3O2/c1-4-7-17-12(14(19-5-2)20-6-3)11-8-10(15)9-18-13(11)16/h8-9,12,14,17H,4-7H2,1-3H3,(H2,16,18). The Balaban J connectivity index is 3.04. The molecule has 0 amide bonds. The molecular weight excluding hydrogens is 278 g/mol. The zero-order chi connectivity index (χ0) is 15.0. The summed E-state index contributed by atoms with van der Waals surface area (Å²) in [5.74, 6) is 0.437. The molecule has 3 N–H and O–H groups in total. The van der Waals surface area contributed by atoms with Crippen LogP contribution in [0, 0.1) is 0 Å². The summed E-state index contributed by atoms with van der Waals surface area (Å²) < 4.78 is 11.4. The Hall–Kier alpha value is -0.880. The van der Waals surface area contributed by atoms with Crippen molar-refractivity contribution in [2.45, 2.75) is 39.5 Å². The molecule has 0 aromatic carbocycles. The highest BCUT2D eigenvalue weighted by molar-refractivity contribution is 6.30. The van der Waals surface area contributed by atoms with Crippen molar-refractivity contribution in [1.82, 2.24) is 10.3 Å². The van der Waals surface area contributed by atoms with Gasteiger partial charge in [-0.25, -0.2) is 4.98 Å². The molecule has 6 heteroatoms. The van der Waals surface area contributed by atoms with Gasteiger partial charge in [0, 0.05) is 25.0 Å². The number of nitrogens with zero attached hydrogens (tertiary/aromatic N) is 1. The second kappa shape index (κ2) is 9.13. The third-order valence-electron chi connectivity index (χ3n) is 2.80. The van der Waals surface area contributed by atoms with E-state index >= 15 is 0 Å². The molecule has 1 rings (SSSR count). The van der Waals surface area contributed by atoms with Gasteiger partial charge >= 0.3 is 0 Å². The minimum Gasteiger partial charge on any atom is -0.383 e. The van der Waals surface area contributed by atoms with E-state index in [4.69, 9.17) is 26.8 Å². The van der Waals surface area contributed by atoms with Crippen LogP contribution in [-0.2, 0) is 9.47 Å². The third kappa shape index (κ3) is 4.90. The molecule has 114 valence electrons. The van der Waals surface area contributed by atoms with Crippen LogP contribution in [0.15, 0.2) is 12.3 Å². The Bertz CT molecular complexity index is 398. The van der Waals surface area contributed by atoms with Gasteiger partial charge in [-0.15, -0.1) is 0 Å². The van der Waals surface area contributed by atoms with Crippen LogP contribution in [0.1, 0.15) is 38.8 Å². The number of pyridine rings is 1. The van der Waals surface area contributed by atoms with Gasteiger partial charge in [0.1, 0.15) is 5.82 Å².